The lowest BCUT2D eigenvalue weighted by Crippen LogP contribution is -2.17. The van der Waals surface area contributed by atoms with E-state index in [0.717, 1.165) is 11.1 Å². The summed E-state index contributed by atoms with van der Waals surface area (Å²) >= 11 is 0. The maximum Gasteiger partial charge on any atom is 0.251 e. The molecule has 4 rings (SSSR count). The summed E-state index contributed by atoms with van der Waals surface area (Å²) in [6, 6.07) is 17.1. The van der Waals surface area contributed by atoms with E-state index in [0.29, 0.717) is 34.6 Å². The van der Waals surface area contributed by atoms with Crippen molar-refractivity contribution in [3.63, 3.8) is 0 Å². The summed E-state index contributed by atoms with van der Waals surface area (Å²) in [5.74, 6) is -0.0797. The topological polar surface area (TPSA) is 103 Å². The summed E-state index contributed by atoms with van der Waals surface area (Å²) in [6.07, 6.45) is 3.08. The van der Waals surface area contributed by atoms with Crippen molar-refractivity contribution in [1.82, 2.24) is 19.9 Å². The number of hydrogen-bond donors (Lipinski definition) is 2. The van der Waals surface area contributed by atoms with Gasteiger partial charge >= 0.3 is 0 Å². The van der Waals surface area contributed by atoms with Crippen LogP contribution in [0.1, 0.15) is 26.3 Å². The van der Waals surface area contributed by atoms with Crippen LogP contribution in [0.3, 0.4) is 0 Å². The summed E-state index contributed by atoms with van der Waals surface area (Å²) in [5.41, 5.74) is 9.59. The third kappa shape index (κ3) is 3.58. The monoisotopic (exact) mass is 385 g/mol. The predicted molar refractivity (Wildman–Crippen MR) is 110 cm³/mol. The van der Waals surface area contributed by atoms with Crippen molar-refractivity contribution in [3.05, 3.63) is 83.7 Å². The third-order valence-electron chi connectivity index (χ3n) is 4.70. The highest BCUT2D eigenvalue weighted by molar-refractivity contribution is 5.98. The molecule has 0 aliphatic rings. The number of imidazole rings is 1. The van der Waals surface area contributed by atoms with Gasteiger partial charge in [0.1, 0.15) is 5.82 Å². The summed E-state index contributed by atoms with van der Waals surface area (Å²) in [6.45, 7) is 0.576. The summed E-state index contributed by atoms with van der Waals surface area (Å²) in [7, 11) is 1.59. The van der Waals surface area contributed by atoms with Gasteiger partial charge in [-0.15, -0.1) is 0 Å². The number of pyridine rings is 1. The summed E-state index contributed by atoms with van der Waals surface area (Å²) in [5, 5.41) is 2.62. The summed E-state index contributed by atoms with van der Waals surface area (Å²) < 4.78 is 2.04. The molecule has 7 nitrogen and oxygen atoms in total. The lowest BCUT2D eigenvalue weighted by molar-refractivity contribution is 0.0961. The first-order valence-corrected chi connectivity index (χ1v) is 9.08. The Hall–Kier alpha value is -4.00. The van der Waals surface area contributed by atoms with Gasteiger partial charge in [-0.05, 0) is 29.8 Å². The van der Waals surface area contributed by atoms with E-state index in [2.05, 4.69) is 10.3 Å². The fraction of sp³-hybridized carbons (Fsp3) is 0.0909. The Morgan fingerprint density at radius 3 is 2.55 bits per heavy atom. The molecule has 2 aromatic carbocycles. The highest BCUT2D eigenvalue weighted by Crippen LogP contribution is 2.27. The highest BCUT2D eigenvalue weighted by Gasteiger charge is 2.16. The second-order valence-electron chi connectivity index (χ2n) is 6.62. The van der Waals surface area contributed by atoms with Crippen LogP contribution < -0.4 is 11.1 Å². The molecule has 0 unspecified atom stereocenters. The first kappa shape index (κ1) is 18.4. The van der Waals surface area contributed by atoms with Crippen molar-refractivity contribution < 1.29 is 9.59 Å². The Morgan fingerprint density at radius 1 is 1.03 bits per heavy atom. The molecule has 0 radical (unpaired) electrons. The van der Waals surface area contributed by atoms with Crippen LogP contribution in [0.15, 0.2) is 67.0 Å². The number of aromatic nitrogens is 3. The molecule has 0 aliphatic carbocycles. The van der Waals surface area contributed by atoms with E-state index in [4.69, 9.17) is 10.7 Å². The van der Waals surface area contributed by atoms with E-state index >= 15 is 0 Å². The smallest absolute Gasteiger partial charge is 0.251 e. The number of nitrogens with zero attached hydrogens (tertiary/aromatic N) is 3. The lowest BCUT2D eigenvalue weighted by Gasteiger charge is -2.10. The molecule has 0 atom stereocenters. The van der Waals surface area contributed by atoms with Gasteiger partial charge in [0.15, 0.2) is 0 Å². The molecule has 2 amide bonds. The van der Waals surface area contributed by atoms with Crippen molar-refractivity contribution in [3.8, 4) is 11.4 Å². The fourth-order valence-electron chi connectivity index (χ4n) is 3.26. The van der Waals surface area contributed by atoms with Gasteiger partial charge in [0.05, 0.1) is 16.6 Å². The normalized spacial score (nSPS) is 10.8. The Bertz CT molecular complexity index is 1210. The van der Waals surface area contributed by atoms with Crippen LogP contribution in [-0.2, 0) is 6.54 Å². The maximum atomic E-state index is 12.0. The number of nitrogens with one attached hydrogen (secondary N) is 1. The van der Waals surface area contributed by atoms with Gasteiger partial charge in [0.2, 0.25) is 5.91 Å². The van der Waals surface area contributed by atoms with E-state index < -0.39 is 5.91 Å². The molecule has 0 saturated heterocycles. The average Bonchev–Trinajstić information content (AvgIpc) is 3.11. The van der Waals surface area contributed by atoms with Gasteiger partial charge in [0.25, 0.3) is 5.91 Å². The molecule has 0 bridgehead atoms. The van der Waals surface area contributed by atoms with Crippen LogP contribution in [0.25, 0.3) is 22.4 Å². The second-order valence-corrected chi connectivity index (χ2v) is 6.62. The second kappa shape index (κ2) is 7.55. The third-order valence-corrected chi connectivity index (χ3v) is 4.70. The number of carbonyl (C=O) groups excluding carboxylic acids is 2. The molecule has 0 saturated carbocycles. The zero-order valence-electron chi connectivity index (χ0n) is 15.8. The Labute approximate surface area is 167 Å². The average molecular weight is 385 g/mol. The van der Waals surface area contributed by atoms with Crippen molar-refractivity contribution in [1.29, 1.82) is 0 Å². The van der Waals surface area contributed by atoms with E-state index in [1.807, 2.05) is 41.0 Å². The fourth-order valence-corrected chi connectivity index (χ4v) is 3.26. The Morgan fingerprint density at radius 2 is 1.83 bits per heavy atom. The lowest BCUT2D eigenvalue weighted by atomic mass is 10.1. The predicted octanol–water partition coefficient (Wildman–Crippen LogP) is 2.61. The number of carbonyl (C=O) groups is 2. The minimum Gasteiger partial charge on any atom is -0.366 e. The van der Waals surface area contributed by atoms with Crippen molar-refractivity contribution in [2.24, 2.45) is 5.73 Å². The molecular weight excluding hydrogens is 366 g/mol. The largest absolute Gasteiger partial charge is 0.366 e. The minimum absolute atomic E-state index is 0.177. The molecule has 29 heavy (non-hydrogen) atoms. The maximum absolute atomic E-state index is 12.0. The van der Waals surface area contributed by atoms with Gasteiger partial charge in [-0.3, -0.25) is 14.6 Å². The van der Waals surface area contributed by atoms with Crippen LogP contribution in [0.2, 0.25) is 0 Å². The highest BCUT2D eigenvalue weighted by atomic mass is 16.1. The van der Waals surface area contributed by atoms with Gasteiger partial charge < -0.3 is 15.6 Å². The molecule has 7 heteroatoms. The number of benzene rings is 2. The van der Waals surface area contributed by atoms with Gasteiger partial charge in [-0.2, -0.15) is 0 Å². The molecule has 144 valence electrons. The molecule has 2 aromatic heterocycles. The van der Waals surface area contributed by atoms with Crippen LogP contribution in [-0.4, -0.2) is 33.4 Å². The number of hydrogen-bond acceptors (Lipinski definition) is 4. The molecular formula is C22H19N5O2. The van der Waals surface area contributed by atoms with Crippen LogP contribution in [0.5, 0.6) is 0 Å². The SMILES string of the molecule is CNC(=O)c1ccc2c(c1)nc(-c1cncc(C(N)=O)c1)n2Cc1ccccc1. The number of rotatable bonds is 5. The van der Waals surface area contributed by atoms with Crippen molar-refractivity contribution in [2.75, 3.05) is 7.05 Å². The zero-order valence-corrected chi connectivity index (χ0v) is 15.8. The Kier molecular flexibility index (Phi) is 4.78. The number of nitrogens with two attached hydrogens (primary N) is 1. The van der Waals surface area contributed by atoms with E-state index in [1.165, 1.54) is 6.20 Å². The van der Waals surface area contributed by atoms with E-state index in [1.54, 1.807) is 31.4 Å². The molecule has 4 aromatic rings. The zero-order chi connectivity index (χ0) is 20.4. The number of amides is 2. The quantitative estimate of drug-likeness (QED) is 0.551. The first-order chi connectivity index (χ1) is 14.1. The van der Waals surface area contributed by atoms with Gasteiger partial charge in [-0.1, -0.05) is 30.3 Å². The van der Waals surface area contributed by atoms with E-state index in [-0.39, 0.29) is 5.91 Å². The number of primary amides is 1. The van der Waals surface area contributed by atoms with Gasteiger partial charge in [-0.25, -0.2) is 4.98 Å². The van der Waals surface area contributed by atoms with Gasteiger partial charge in [0, 0.05) is 37.1 Å². The minimum atomic E-state index is -0.549. The van der Waals surface area contributed by atoms with Crippen LogP contribution >= 0.6 is 0 Å². The number of fused-ring (bicyclic) bond motifs is 1. The molecule has 0 spiro atoms. The van der Waals surface area contributed by atoms with Crippen LogP contribution in [0.4, 0.5) is 0 Å². The standard InChI is InChI=1S/C22H19N5O2/c1-24-22(29)15-7-8-19-18(10-15)26-21(17-9-16(20(23)28)11-25-12-17)27(19)13-14-5-3-2-4-6-14/h2-12H,13H2,1H3,(H2,23,28)(H,24,29). The first-order valence-electron chi connectivity index (χ1n) is 9.08. The summed E-state index contributed by atoms with van der Waals surface area (Å²) in [4.78, 5) is 32.5. The molecule has 3 N–H and O–H groups in total. The van der Waals surface area contributed by atoms with Crippen LogP contribution in [0, 0.1) is 0 Å². The molecule has 2 heterocycles. The molecule has 0 aliphatic heterocycles. The van der Waals surface area contributed by atoms with Crippen molar-refractivity contribution in [2.45, 2.75) is 6.54 Å². The Balaban J connectivity index is 1.91. The molecule has 0 fully saturated rings. The van der Waals surface area contributed by atoms with E-state index in [9.17, 15) is 9.59 Å². The van der Waals surface area contributed by atoms with Crippen molar-refractivity contribution >= 4 is 22.8 Å².